The first-order valence-electron chi connectivity index (χ1n) is 6.15. The van der Waals surface area contributed by atoms with Crippen molar-refractivity contribution in [3.8, 4) is 11.3 Å². The maximum absolute atomic E-state index is 11.7. The Balaban J connectivity index is 1.65. The predicted molar refractivity (Wildman–Crippen MR) is 71.8 cm³/mol. The summed E-state index contributed by atoms with van der Waals surface area (Å²) in [4.78, 5) is 11.7. The normalized spacial score (nSPS) is 10.4. The second-order valence-electron chi connectivity index (χ2n) is 4.21. The summed E-state index contributed by atoms with van der Waals surface area (Å²) in [6.07, 6.45) is 1.46. The fourth-order valence-electron chi connectivity index (χ4n) is 1.80. The van der Waals surface area contributed by atoms with E-state index in [-0.39, 0.29) is 18.2 Å². The van der Waals surface area contributed by atoms with E-state index >= 15 is 0 Å². The Hall–Kier alpha value is -2.82. The van der Waals surface area contributed by atoms with E-state index in [1.54, 1.807) is 18.2 Å². The number of aromatic nitrogens is 1. The Kier molecular flexibility index (Phi) is 3.33. The molecule has 3 rings (SSSR count). The van der Waals surface area contributed by atoms with Crippen LogP contribution in [0.5, 0.6) is 0 Å². The van der Waals surface area contributed by atoms with Crippen LogP contribution < -0.4 is 5.32 Å². The van der Waals surface area contributed by atoms with E-state index in [1.165, 1.54) is 6.26 Å². The summed E-state index contributed by atoms with van der Waals surface area (Å²) in [5.41, 5.74) is 1.60. The molecular weight excluding hydrogens is 256 g/mol. The molecule has 1 N–H and O–H groups in total. The van der Waals surface area contributed by atoms with Crippen LogP contribution in [0.4, 0.5) is 0 Å². The topological polar surface area (TPSA) is 68.3 Å². The van der Waals surface area contributed by atoms with Gasteiger partial charge in [-0.05, 0) is 12.1 Å². The van der Waals surface area contributed by atoms with Gasteiger partial charge in [0.25, 0.3) is 5.91 Å². The van der Waals surface area contributed by atoms with Crippen molar-refractivity contribution in [2.75, 3.05) is 0 Å². The molecule has 0 unspecified atom stereocenters. The fraction of sp³-hybridized carbons (Fsp3) is 0.0667. The average Bonchev–Trinajstić information content (AvgIpc) is 3.17. The maximum atomic E-state index is 11.7. The molecule has 0 atom stereocenters. The minimum Gasteiger partial charge on any atom is -0.459 e. The molecule has 5 heteroatoms. The zero-order valence-electron chi connectivity index (χ0n) is 10.6. The molecular formula is C15H12N2O3. The highest BCUT2D eigenvalue weighted by Gasteiger charge is 2.10. The van der Waals surface area contributed by atoms with Crippen LogP contribution in [0.1, 0.15) is 16.2 Å². The van der Waals surface area contributed by atoms with Crippen molar-refractivity contribution in [3.05, 3.63) is 66.2 Å². The van der Waals surface area contributed by atoms with Gasteiger partial charge in [0.15, 0.2) is 11.5 Å². The zero-order valence-corrected chi connectivity index (χ0v) is 10.6. The lowest BCUT2D eigenvalue weighted by Gasteiger charge is -1.98. The fourth-order valence-corrected chi connectivity index (χ4v) is 1.80. The number of furan rings is 1. The summed E-state index contributed by atoms with van der Waals surface area (Å²) in [5, 5.41) is 6.64. The second kappa shape index (κ2) is 5.44. The second-order valence-corrected chi connectivity index (χ2v) is 4.21. The van der Waals surface area contributed by atoms with Gasteiger partial charge in [-0.15, -0.1) is 0 Å². The predicted octanol–water partition coefficient (Wildman–Crippen LogP) is 2.86. The third kappa shape index (κ3) is 2.61. The summed E-state index contributed by atoms with van der Waals surface area (Å²) < 4.78 is 10.3. The Labute approximate surface area is 115 Å². The van der Waals surface area contributed by atoms with Crippen LogP contribution in [0.25, 0.3) is 11.3 Å². The summed E-state index contributed by atoms with van der Waals surface area (Å²) in [6, 6.07) is 14.7. The number of hydrogen-bond donors (Lipinski definition) is 1. The van der Waals surface area contributed by atoms with E-state index in [4.69, 9.17) is 8.94 Å². The molecule has 2 aromatic heterocycles. The van der Waals surface area contributed by atoms with E-state index in [0.717, 1.165) is 5.56 Å². The highest BCUT2D eigenvalue weighted by Crippen LogP contribution is 2.19. The van der Waals surface area contributed by atoms with Crippen LogP contribution in [0.3, 0.4) is 0 Å². The van der Waals surface area contributed by atoms with E-state index in [2.05, 4.69) is 10.5 Å². The van der Waals surface area contributed by atoms with Gasteiger partial charge in [-0.2, -0.15) is 0 Å². The maximum Gasteiger partial charge on any atom is 0.287 e. The zero-order chi connectivity index (χ0) is 13.8. The van der Waals surface area contributed by atoms with Crippen LogP contribution in [0.15, 0.2) is 63.7 Å². The van der Waals surface area contributed by atoms with Crippen molar-refractivity contribution < 1.29 is 13.7 Å². The molecule has 0 saturated carbocycles. The van der Waals surface area contributed by atoms with Gasteiger partial charge in [-0.25, -0.2) is 0 Å². The molecule has 0 aliphatic rings. The molecule has 0 radical (unpaired) electrons. The first-order valence-corrected chi connectivity index (χ1v) is 6.15. The van der Waals surface area contributed by atoms with Gasteiger partial charge in [0.1, 0.15) is 5.69 Å². The van der Waals surface area contributed by atoms with Gasteiger partial charge < -0.3 is 14.3 Å². The molecule has 0 spiro atoms. The highest BCUT2D eigenvalue weighted by molar-refractivity contribution is 5.91. The van der Waals surface area contributed by atoms with Gasteiger partial charge in [0.05, 0.1) is 12.8 Å². The van der Waals surface area contributed by atoms with E-state index < -0.39 is 0 Å². The molecule has 3 aromatic rings. The summed E-state index contributed by atoms with van der Waals surface area (Å²) in [5.74, 6) is 0.670. The average molecular weight is 268 g/mol. The number of nitrogens with one attached hydrogen (secondary N) is 1. The lowest BCUT2D eigenvalue weighted by atomic mass is 10.2. The molecule has 0 aliphatic carbocycles. The molecule has 0 fully saturated rings. The van der Waals surface area contributed by atoms with Crippen molar-refractivity contribution in [3.63, 3.8) is 0 Å². The van der Waals surface area contributed by atoms with E-state index in [1.807, 2.05) is 30.3 Å². The number of hydrogen-bond acceptors (Lipinski definition) is 4. The van der Waals surface area contributed by atoms with Crippen LogP contribution >= 0.6 is 0 Å². The van der Waals surface area contributed by atoms with Gasteiger partial charge in [0, 0.05) is 11.6 Å². The Morgan fingerprint density at radius 1 is 1.15 bits per heavy atom. The third-order valence-corrected chi connectivity index (χ3v) is 2.79. The third-order valence-electron chi connectivity index (χ3n) is 2.79. The number of amides is 1. The first-order chi connectivity index (χ1) is 9.83. The molecule has 1 amide bonds. The molecule has 2 heterocycles. The number of benzene rings is 1. The van der Waals surface area contributed by atoms with Crippen molar-refractivity contribution in [2.45, 2.75) is 6.54 Å². The summed E-state index contributed by atoms with van der Waals surface area (Å²) in [7, 11) is 0. The Morgan fingerprint density at radius 2 is 2.00 bits per heavy atom. The number of carbonyl (C=O) groups excluding carboxylic acids is 1. The Bertz CT molecular complexity index is 687. The van der Waals surface area contributed by atoms with Gasteiger partial charge >= 0.3 is 0 Å². The number of nitrogens with zero attached hydrogens (tertiary/aromatic N) is 1. The number of rotatable bonds is 4. The van der Waals surface area contributed by atoms with Crippen molar-refractivity contribution in [2.24, 2.45) is 0 Å². The smallest absolute Gasteiger partial charge is 0.287 e. The minimum atomic E-state index is -0.278. The summed E-state index contributed by atoms with van der Waals surface area (Å²) in [6.45, 7) is 0.288. The van der Waals surface area contributed by atoms with Crippen LogP contribution in [0, 0.1) is 0 Å². The van der Waals surface area contributed by atoms with Crippen molar-refractivity contribution in [1.29, 1.82) is 0 Å². The Morgan fingerprint density at radius 3 is 2.75 bits per heavy atom. The minimum absolute atomic E-state index is 0.275. The monoisotopic (exact) mass is 268 g/mol. The molecule has 0 saturated heterocycles. The molecule has 100 valence electrons. The quantitative estimate of drug-likeness (QED) is 0.790. The molecule has 0 bridgehead atoms. The van der Waals surface area contributed by atoms with Crippen LogP contribution in [-0.4, -0.2) is 11.1 Å². The summed E-state index contributed by atoms with van der Waals surface area (Å²) >= 11 is 0. The highest BCUT2D eigenvalue weighted by atomic mass is 16.5. The molecule has 1 aromatic carbocycles. The standard InChI is InChI=1S/C15H12N2O3/c18-15(13-7-4-8-19-13)16-10-12-9-14(20-17-12)11-5-2-1-3-6-11/h1-9H,10H2,(H,16,18). The van der Waals surface area contributed by atoms with E-state index in [9.17, 15) is 4.79 Å². The largest absolute Gasteiger partial charge is 0.459 e. The lowest BCUT2D eigenvalue weighted by molar-refractivity contribution is 0.0922. The molecule has 20 heavy (non-hydrogen) atoms. The SMILES string of the molecule is O=C(NCc1cc(-c2ccccc2)on1)c1ccco1. The van der Waals surface area contributed by atoms with Crippen LogP contribution in [0.2, 0.25) is 0 Å². The first kappa shape index (κ1) is 12.2. The molecule has 5 nitrogen and oxygen atoms in total. The number of carbonyl (C=O) groups is 1. The van der Waals surface area contributed by atoms with Crippen LogP contribution in [-0.2, 0) is 6.54 Å². The lowest BCUT2D eigenvalue weighted by Crippen LogP contribution is -2.22. The van der Waals surface area contributed by atoms with Gasteiger partial charge in [-0.1, -0.05) is 35.5 Å². The molecule has 0 aliphatic heterocycles. The van der Waals surface area contributed by atoms with Crippen molar-refractivity contribution in [1.82, 2.24) is 10.5 Å². The van der Waals surface area contributed by atoms with E-state index in [0.29, 0.717) is 11.5 Å². The van der Waals surface area contributed by atoms with Gasteiger partial charge in [0.2, 0.25) is 0 Å². The van der Waals surface area contributed by atoms with Gasteiger partial charge in [-0.3, -0.25) is 4.79 Å². The van der Waals surface area contributed by atoms with Crippen molar-refractivity contribution >= 4 is 5.91 Å².